The number of hydrogen-bond donors (Lipinski definition) is 1. The topological polar surface area (TPSA) is 60.2 Å². The predicted molar refractivity (Wildman–Crippen MR) is 93.7 cm³/mol. The zero-order valence-corrected chi connectivity index (χ0v) is 14.2. The Kier molecular flexibility index (Phi) is 5.51. The zero-order chi connectivity index (χ0) is 16.8. The van der Waals surface area contributed by atoms with E-state index in [4.69, 9.17) is 4.74 Å². The van der Waals surface area contributed by atoms with Crippen LogP contribution in [-0.4, -0.2) is 19.6 Å². The third-order valence-electron chi connectivity index (χ3n) is 3.61. The average Bonchev–Trinajstić information content (AvgIpc) is 3.00. The van der Waals surface area contributed by atoms with Crippen LogP contribution < -0.4 is 4.74 Å². The summed E-state index contributed by atoms with van der Waals surface area (Å²) in [6.45, 7) is 0.471. The summed E-state index contributed by atoms with van der Waals surface area (Å²) in [4.78, 5) is 8.55. The molecule has 0 aliphatic rings. The number of thioether (sulfide) groups is 1. The van der Waals surface area contributed by atoms with Crippen LogP contribution in [-0.2, 0) is 26.0 Å². The van der Waals surface area contributed by atoms with E-state index < -0.39 is 0 Å². The summed E-state index contributed by atoms with van der Waals surface area (Å²) in [5.74, 6) is 1.64. The first-order valence-electron chi connectivity index (χ1n) is 7.62. The quantitative estimate of drug-likeness (QED) is 0.669. The largest absolute Gasteiger partial charge is 0.487 e. The van der Waals surface area contributed by atoms with Gasteiger partial charge in [-0.1, -0.05) is 30.0 Å². The fourth-order valence-corrected chi connectivity index (χ4v) is 3.10. The number of aromatic nitrogens is 3. The lowest BCUT2D eigenvalue weighted by atomic mass is 10.2. The van der Waals surface area contributed by atoms with Gasteiger partial charge in [0.1, 0.15) is 12.4 Å². The number of imidazole rings is 1. The van der Waals surface area contributed by atoms with Crippen molar-refractivity contribution in [3.05, 3.63) is 71.8 Å². The van der Waals surface area contributed by atoms with Gasteiger partial charge in [-0.05, 0) is 29.8 Å². The zero-order valence-electron chi connectivity index (χ0n) is 13.4. The van der Waals surface area contributed by atoms with Crippen molar-refractivity contribution in [3.8, 4) is 5.75 Å². The maximum atomic E-state index is 9.19. The van der Waals surface area contributed by atoms with E-state index in [1.165, 1.54) is 5.56 Å². The lowest BCUT2D eigenvalue weighted by Gasteiger charge is -2.07. The normalized spacial score (nSPS) is 10.8. The molecule has 0 saturated carbocycles. The van der Waals surface area contributed by atoms with Gasteiger partial charge in [-0.25, -0.2) is 4.98 Å². The molecule has 3 rings (SSSR count). The van der Waals surface area contributed by atoms with Crippen molar-refractivity contribution in [3.63, 3.8) is 0 Å². The molecule has 0 fully saturated rings. The Morgan fingerprint density at radius 2 is 1.96 bits per heavy atom. The second kappa shape index (κ2) is 7.99. The molecule has 124 valence electrons. The Morgan fingerprint density at radius 1 is 1.12 bits per heavy atom. The van der Waals surface area contributed by atoms with E-state index in [-0.39, 0.29) is 6.61 Å². The first kappa shape index (κ1) is 16.5. The molecule has 5 nitrogen and oxygen atoms in total. The Balaban J connectivity index is 1.53. The molecule has 1 N–H and O–H groups in total. The molecule has 0 unspecified atom stereocenters. The van der Waals surface area contributed by atoms with Gasteiger partial charge in [-0.3, -0.25) is 4.98 Å². The van der Waals surface area contributed by atoms with Crippen LogP contribution in [0.3, 0.4) is 0 Å². The van der Waals surface area contributed by atoms with Gasteiger partial charge in [-0.15, -0.1) is 0 Å². The Labute approximate surface area is 145 Å². The van der Waals surface area contributed by atoms with E-state index in [0.29, 0.717) is 6.61 Å². The van der Waals surface area contributed by atoms with Crippen LogP contribution in [0.15, 0.2) is 60.0 Å². The second-order valence-corrected chi connectivity index (χ2v) is 6.23. The number of hydrogen-bond acceptors (Lipinski definition) is 5. The molecule has 6 heteroatoms. The van der Waals surface area contributed by atoms with Gasteiger partial charge in [0.05, 0.1) is 24.2 Å². The van der Waals surface area contributed by atoms with Crippen molar-refractivity contribution < 1.29 is 9.84 Å². The van der Waals surface area contributed by atoms with Crippen molar-refractivity contribution in [1.29, 1.82) is 0 Å². The Hall–Kier alpha value is -2.31. The number of nitrogens with zero attached hydrogens (tertiary/aromatic N) is 3. The summed E-state index contributed by atoms with van der Waals surface area (Å²) in [5, 5.41) is 10.1. The first-order chi connectivity index (χ1) is 11.8. The molecule has 2 heterocycles. The lowest BCUT2D eigenvalue weighted by Crippen LogP contribution is -1.98. The van der Waals surface area contributed by atoms with Crippen molar-refractivity contribution in [2.45, 2.75) is 24.1 Å². The number of aliphatic hydroxyl groups excluding tert-OH is 1. The predicted octanol–water partition coefficient (Wildman–Crippen LogP) is 3.18. The van der Waals surface area contributed by atoms with Crippen molar-refractivity contribution in [1.82, 2.24) is 14.5 Å². The smallest absolute Gasteiger partial charge is 0.168 e. The van der Waals surface area contributed by atoms with Crippen LogP contribution in [0, 0.1) is 0 Å². The SMILES string of the molecule is Cn1c(CO)cnc1SCc1ccc(OCc2ccccn2)cc1. The minimum atomic E-state index is 0.00632. The molecule has 3 aromatic rings. The standard InChI is InChI=1S/C18H19N3O2S/c1-21-16(11-22)10-20-18(21)24-13-14-5-7-17(8-6-14)23-12-15-4-2-3-9-19-15/h2-10,22H,11-13H2,1H3. The Bertz CT molecular complexity index is 773. The third kappa shape index (κ3) is 4.15. The van der Waals surface area contributed by atoms with Gasteiger partial charge in [0.25, 0.3) is 0 Å². The first-order valence-corrected chi connectivity index (χ1v) is 8.60. The number of pyridine rings is 1. The summed E-state index contributed by atoms with van der Waals surface area (Å²) in [6, 6.07) is 13.8. The summed E-state index contributed by atoms with van der Waals surface area (Å²) in [7, 11) is 1.91. The highest BCUT2D eigenvalue weighted by atomic mass is 32.2. The van der Waals surface area contributed by atoms with E-state index in [1.54, 1.807) is 24.2 Å². The number of ether oxygens (including phenoxy) is 1. The molecule has 0 amide bonds. The molecule has 0 radical (unpaired) electrons. The summed E-state index contributed by atoms with van der Waals surface area (Å²) >= 11 is 1.64. The lowest BCUT2D eigenvalue weighted by molar-refractivity contribution is 0.271. The van der Waals surface area contributed by atoms with E-state index in [1.807, 2.05) is 41.9 Å². The molecule has 0 saturated heterocycles. The minimum Gasteiger partial charge on any atom is -0.487 e. The highest BCUT2D eigenvalue weighted by molar-refractivity contribution is 7.98. The van der Waals surface area contributed by atoms with Crippen LogP contribution in [0.4, 0.5) is 0 Å². The number of aliphatic hydroxyl groups is 1. The monoisotopic (exact) mass is 341 g/mol. The van der Waals surface area contributed by atoms with Crippen molar-refractivity contribution in [2.24, 2.45) is 7.05 Å². The van der Waals surface area contributed by atoms with E-state index in [2.05, 4.69) is 22.1 Å². The fourth-order valence-electron chi connectivity index (χ4n) is 2.18. The maximum absolute atomic E-state index is 9.19. The van der Waals surface area contributed by atoms with Crippen LogP contribution in [0.5, 0.6) is 5.75 Å². The fraction of sp³-hybridized carbons (Fsp3) is 0.222. The highest BCUT2D eigenvalue weighted by Gasteiger charge is 2.06. The van der Waals surface area contributed by atoms with Gasteiger partial charge in [0.15, 0.2) is 5.16 Å². The molecular weight excluding hydrogens is 322 g/mol. The molecule has 24 heavy (non-hydrogen) atoms. The molecule has 0 spiro atoms. The van der Waals surface area contributed by atoms with Crippen molar-refractivity contribution in [2.75, 3.05) is 0 Å². The molecular formula is C18H19N3O2S. The third-order valence-corrected chi connectivity index (χ3v) is 4.72. The molecule has 0 aliphatic carbocycles. The van der Waals surface area contributed by atoms with Gasteiger partial charge >= 0.3 is 0 Å². The van der Waals surface area contributed by atoms with Crippen molar-refractivity contribution >= 4 is 11.8 Å². The summed E-state index contributed by atoms with van der Waals surface area (Å²) < 4.78 is 7.64. The van der Waals surface area contributed by atoms with Crippen LogP contribution in [0.2, 0.25) is 0 Å². The molecule has 0 atom stereocenters. The van der Waals surface area contributed by atoms with Gasteiger partial charge < -0.3 is 14.4 Å². The molecule has 0 bridgehead atoms. The second-order valence-electron chi connectivity index (χ2n) is 5.29. The number of rotatable bonds is 7. The molecule has 0 aliphatic heterocycles. The molecule has 1 aromatic carbocycles. The number of benzene rings is 1. The Morgan fingerprint density at radius 3 is 2.62 bits per heavy atom. The van der Waals surface area contributed by atoms with E-state index in [0.717, 1.165) is 28.0 Å². The summed E-state index contributed by atoms with van der Waals surface area (Å²) in [5.41, 5.74) is 2.92. The van der Waals surface area contributed by atoms with Crippen LogP contribution >= 0.6 is 11.8 Å². The van der Waals surface area contributed by atoms with Gasteiger partial charge in [0.2, 0.25) is 0 Å². The van der Waals surface area contributed by atoms with E-state index in [9.17, 15) is 5.11 Å². The van der Waals surface area contributed by atoms with Gasteiger partial charge in [0, 0.05) is 19.0 Å². The molecule has 2 aromatic heterocycles. The maximum Gasteiger partial charge on any atom is 0.168 e. The summed E-state index contributed by atoms with van der Waals surface area (Å²) in [6.07, 6.45) is 3.47. The van der Waals surface area contributed by atoms with E-state index >= 15 is 0 Å². The van der Waals surface area contributed by atoms with Gasteiger partial charge in [-0.2, -0.15) is 0 Å². The van der Waals surface area contributed by atoms with Crippen LogP contribution in [0.1, 0.15) is 17.0 Å². The average molecular weight is 341 g/mol. The minimum absolute atomic E-state index is 0.00632. The van der Waals surface area contributed by atoms with Crippen LogP contribution in [0.25, 0.3) is 0 Å². The highest BCUT2D eigenvalue weighted by Crippen LogP contribution is 2.23.